The van der Waals surface area contributed by atoms with Crippen LogP contribution in [-0.2, 0) is 19.1 Å². The number of carbonyl (C=O) groups is 3. The number of amides is 2. The number of esters is 1. The molecule has 0 aromatic rings. The predicted octanol–water partition coefficient (Wildman–Crippen LogP) is 1.45. The highest BCUT2D eigenvalue weighted by Gasteiger charge is 2.36. The number of hydrogen-bond acceptors (Lipinski definition) is 5. The van der Waals surface area contributed by atoms with Crippen LogP contribution in [0.2, 0.25) is 0 Å². The van der Waals surface area contributed by atoms with Gasteiger partial charge in [0.15, 0.2) is 0 Å². The zero-order valence-electron chi connectivity index (χ0n) is 14.0. The van der Waals surface area contributed by atoms with Gasteiger partial charge in [0.2, 0.25) is 5.91 Å². The molecule has 1 atom stereocenters. The predicted molar refractivity (Wildman–Crippen MR) is 80.2 cm³/mol. The van der Waals surface area contributed by atoms with Crippen LogP contribution in [0.15, 0.2) is 0 Å². The summed E-state index contributed by atoms with van der Waals surface area (Å²) in [6.45, 7) is 9.08. The van der Waals surface area contributed by atoms with Gasteiger partial charge in [-0.05, 0) is 47.5 Å². The second-order valence-corrected chi connectivity index (χ2v) is 6.59. The molecule has 1 fully saturated rings. The molecule has 0 unspecified atom stereocenters. The molecule has 1 heterocycles. The SMILES string of the molecule is CC(C)OC(=O)CNC(=O)[C@@H]1CCCN1C(=O)OC(C)(C)C. The lowest BCUT2D eigenvalue weighted by atomic mass is 10.2. The summed E-state index contributed by atoms with van der Waals surface area (Å²) in [7, 11) is 0. The zero-order chi connectivity index (χ0) is 16.9. The average molecular weight is 314 g/mol. The van der Waals surface area contributed by atoms with Crippen molar-refractivity contribution in [3.05, 3.63) is 0 Å². The van der Waals surface area contributed by atoms with E-state index in [1.807, 2.05) is 0 Å². The van der Waals surface area contributed by atoms with Crippen molar-refractivity contribution < 1.29 is 23.9 Å². The number of rotatable bonds is 4. The molecule has 0 aliphatic carbocycles. The van der Waals surface area contributed by atoms with E-state index in [-0.39, 0.29) is 18.6 Å². The minimum absolute atomic E-state index is 0.199. The first-order valence-corrected chi connectivity index (χ1v) is 7.57. The van der Waals surface area contributed by atoms with E-state index in [0.717, 1.165) is 6.42 Å². The van der Waals surface area contributed by atoms with Crippen molar-refractivity contribution in [2.75, 3.05) is 13.1 Å². The topological polar surface area (TPSA) is 84.9 Å². The van der Waals surface area contributed by atoms with Gasteiger partial charge < -0.3 is 14.8 Å². The van der Waals surface area contributed by atoms with Crippen molar-refractivity contribution in [2.24, 2.45) is 0 Å². The van der Waals surface area contributed by atoms with Crippen LogP contribution in [-0.4, -0.2) is 53.7 Å². The largest absolute Gasteiger partial charge is 0.462 e. The van der Waals surface area contributed by atoms with Crippen molar-refractivity contribution in [3.63, 3.8) is 0 Å². The molecule has 1 aliphatic heterocycles. The van der Waals surface area contributed by atoms with Gasteiger partial charge in [0.25, 0.3) is 0 Å². The van der Waals surface area contributed by atoms with E-state index in [0.29, 0.717) is 13.0 Å². The van der Waals surface area contributed by atoms with E-state index in [9.17, 15) is 14.4 Å². The molecular weight excluding hydrogens is 288 g/mol. The van der Waals surface area contributed by atoms with Gasteiger partial charge in [-0.3, -0.25) is 14.5 Å². The van der Waals surface area contributed by atoms with Crippen molar-refractivity contribution >= 4 is 18.0 Å². The normalized spacial score (nSPS) is 18.3. The molecule has 1 rings (SSSR count). The molecule has 2 amide bonds. The fraction of sp³-hybridized carbons (Fsp3) is 0.800. The number of ether oxygens (including phenoxy) is 2. The van der Waals surface area contributed by atoms with E-state index >= 15 is 0 Å². The van der Waals surface area contributed by atoms with E-state index < -0.39 is 23.7 Å². The highest BCUT2D eigenvalue weighted by molar-refractivity contribution is 5.88. The van der Waals surface area contributed by atoms with Gasteiger partial charge in [-0.15, -0.1) is 0 Å². The van der Waals surface area contributed by atoms with E-state index in [2.05, 4.69) is 5.32 Å². The lowest BCUT2D eigenvalue weighted by molar-refractivity contribution is -0.147. The van der Waals surface area contributed by atoms with E-state index in [1.54, 1.807) is 34.6 Å². The van der Waals surface area contributed by atoms with Crippen LogP contribution in [0.5, 0.6) is 0 Å². The van der Waals surface area contributed by atoms with E-state index in [1.165, 1.54) is 4.90 Å². The highest BCUT2D eigenvalue weighted by Crippen LogP contribution is 2.20. The Balaban J connectivity index is 2.53. The number of nitrogens with one attached hydrogen (secondary N) is 1. The van der Waals surface area contributed by atoms with Gasteiger partial charge in [0.05, 0.1) is 6.10 Å². The van der Waals surface area contributed by atoms with Crippen LogP contribution in [0.25, 0.3) is 0 Å². The maximum atomic E-state index is 12.1. The third-order valence-corrected chi connectivity index (χ3v) is 2.96. The smallest absolute Gasteiger partial charge is 0.410 e. The Bertz CT molecular complexity index is 428. The van der Waals surface area contributed by atoms with Crippen LogP contribution in [0.3, 0.4) is 0 Å². The number of nitrogens with zero attached hydrogens (tertiary/aromatic N) is 1. The highest BCUT2D eigenvalue weighted by atomic mass is 16.6. The minimum Gasteiger partial charge on any atom is -0.462 e. The summed E-state index contributed by atoms with van der Waals surface area (Å²) >= 11 is 0. The van der Waals surface area contributed by atoms with Gasteiger partial charge in [0, 0.05) is 6.54 Å². The summed E-state index contributed by atoms with van der Waals surface area (Å²) in [5.74, 6) is -0.853. The summed E-state index contributed by atoms with van der Waals surface area (Å²) in [5.41, 5.74) is -0.609. The molecule has 7 nitrogen and oxygen atoms in total. The molecular formula is C15H26N2O5. The van der Waals surface area contributed by atoms with Gasteiger partial charge in [-0.25, -0.2) is 4.79 Å². The van der Waals surface area contributed by atoms with Gasteiger partial charge in [0.1, 0.15) is 18.2 Å². The molecule has 7 heteroatoms. The summed E-state index contributed by atoms with van der Waals surface area (Å²) in [6, 6.07) is -0.596. The zero-order valence-corrected chi connectivity index (χ0v) is 14.0. The molecule has 0 spiro atoms. The van der Waals surface area contributed by atoms with E-state index in [4.69, 9.17) is 9.47 Å². The standard InChI is InChI=1S/C15H26N2O5/c1-10(2)21-12(18)9-16-13(19)11-7-6-8-17(11)14(20)22-15(3,4)5/h10-11H,6-9H2,1-5H3,(H,16,19)/t11-/m0/s1. The Kier molecular flexibility index (Phi) is 6.20. The Morgan fingerprint density at radius 2 is 1.91 bits per heavy atom. The molecule has 1 aliphatic rings. The molecule has 0 radical (unpaired) electrons. The van der Waals surface area contributed by atoms with Crippen LogP contribution in [0, 0.1) is 0 Å². The number of hydrogen-bond donors (Lipinski definition) is 1. The monoisotopic (exact) mass is 314 g/mol. The molecule has 0 bridgehead atoms. The molecule has 126 valence electrons. The molecule has 0 saturated carbocycles. The van der Waals surface area contributed by atoms with Crippen LogP contribution in [0.1, 0.15) is 47.5 Å². The third-order valence-electron chi connectivity index (χ3n) is 2.96. The lowest BCUT2D eigenvalue weighted by Crippen LogP contribution is -2.48. The van der Waals surface area contributed by atoms with Crippen LogP contribution in [0.4, 0.5) is 4.79 Å². The van der Waals surface area contributed by atoms with Gasteiger partial charge in [-0.1, -0.05) is 0 Å². The van der Waals surface area contributed by atoms with Gasteiger partial charge in [-0.2, -0.15) is 0 Å². The Labute approximate surface area is 131 Å². The molecule has 0 aromatic heterocycles. The first-order chi connectivity index (χ1) is 10.1. The molecule has 22 heavy (non-hydrogen) atoms. The van der Waals surface area contributed by atoms with Crippen molar-refractivity contribution in [3.8, 4) is 0 Å². The molecule has 0 aromatic carbocycles. The quantitative estimate of drug-likeness (QED) is 0.794. The Morgan fingerprint density at radius 3 is 2.45 bits per heavy atom. The second kappa shape index (κ2) is 7.47. The number of carbonyl (C=O) groups excluding carboxylic acids is 3. The van der Waals surface area contributed by atoms with Crippen molar-refractivity contribution in [1.82, 2.24) is 10.2 Å². The fourth-order valence-corrected chi connectivity index (χ4v) is 2.16. The first-order valence-electron chi connectivity index (χ1n) is 7.57. The maximum Gasteiger partial charge on any atom is 0.410 e. The Hall–Kier alpha value is -1.79. The first kappa shape index (κ1) is 18.3. The summed E-state index contributed by atoms with van der Waals surface area (Å²) in [4.78, 5) is 37.1. The van der Waals surface area contributed by atoms with Crippen molar-refractivity contribution in [2.45, 2.75) is 65.2 Å². The third kappa shape index (κ3) is 5.91. The maximum absolute atomic E-state index is 12.1. The number of likely N-dealkylation sites (tertiary alicyclic amines) is 1. The van der Waals surface area contributed by atoms with Crippen molar-refractivity contribution in [1.29, 1.82) is 0 Å². The minimum atomic E-state index is -0.609. The van der Waals surface area contributed by atoms with Crippen LogP contribution >= 0.6 is 0 Å². The van der Waals surface area contributed by atoms with Gasteiger partial charge >= 0.3 is 12.1 Å². The Morgan fingerprint density at radius 1 is 1.27 bits per heavy atom. The van der Waals surface area contributed by atoms with Crippen LogP contribution < -0.4 is 5.32 Å². The molecule has 1 saturated heterocycles. The summed E-state index contributed by atoms with van der Waals surface area (Å²) in [5, 5.41) is 2.51. The summed E-state index contributed by atoms with van der Waals surface area (Å²) < 4.78 is 10.2. The summed E-state index contributed by atoms with van der Waals surface area (Å²) in [6.07, 6.45) is 0.557. The average Bonchev–Trinajstić information content (AvgIpc) is 2.82. The second-order valence-electron chi connectivity index (χ2n) is 6.59. The fourth-order valence-electron chi connectivity index (χ4n) is 2.16. The molecule has 1 N–H and O–H groups in total. The lowest BCUT2D eigenvalue weighted by Gasteiger charge is -2.27.